The van der Waals surface area contributed by atoms with Crippen LogP contribution >= 0.6 is 11.3 Å². The number of nitrogens with two attached hydrogens (primary N) is 1. The van der Waals surface area contributed by atoms with Gasteiger partial charge in [0, 0.05) is 10.9 Å². The quantitative estimate of drug-likeness (QED) is 0.751. The Balaban J connectivity index is 2.49. The Morgan fingerprint density at radius 1 is 1.46 bits per heavy atom. The third kappa shape index (κ3) is 1.55. The molecular formula is C10H10N2S. The first-order valence-electron chi connectivity index (χ1n) is 4.02. The Labute approximate surface area is 81.1 Å². The highest BCUT2D eigenvalue weighted by molar-refractivity contribution is 7.08. The van der Waals surface area contributed by atoms with Crippen molar-refractivity contribution in [3.05, 3.63) is 34.7 Å². The second-order valence-corrected chi connectivity index (χ2v) is 3.72. The number of nitrogens with zero attached hydrogens (tertiary/aromatic N) is 1. The first-order valence-corrected chi connectivity index (χ1v) is 4.96. The molecule has 0 saturated heterocycles. The van der Waals surface area contributed by atoms with Gasteiger partial charge >= 0.3 is 0 Å². The molecule has 2 rings (SSSR count). The minimum absolute atomic E-state index is 0.749. The van der Waals surface area contributed by atoms with E-state index in [1.165, 1.54) is 0 Å². The Morgan fingerprint density at radius 3 is 2.92 bits per heavy atom. The molecule has 3 heteroatoms. The molecule has 0 atom stereocenters. The van der Waals surface area contributed by atoms with E-state index in [4.69, 9.17) is 5.73 Å². The molecule has 0 radical (unpaired) electrons. The predicted molar refractivity (Wildman–Crippen MR) is 56.7 cm³/mol. The van der Waals surface area contributed by atoms with Crippen LogP contribution in [0.4, 0.5) is 5.69 Å². The molecule has 0 aromatic carbocycles. The Bertz CT molecular complexity index is 407. The summed E-state index contributed by atoms with van der Waals surface area (Å²) >= 11 is 1.67. The van der Waals surface area contributed by atoms with Crippen LogP contribution in [0.3, 0.4) is 0 Å². The van der Waals surface area contributed by atoms with E-state index >= 15 is 0 Å². The van der Waals surface area contributed by atoms with Gasteiger partial charge in [-0.25, -0.2) is 0 Å². The van der Waals surface area contributed by atoms with E-state index in [9.17, 15) is 0 Å². The molecule has 2 nitrogen and oxygen atoms in total. The molecule has 2 aromatic heterocycles. The van der Waals surface area contributed by atoms with Crippen LogP contribution < -0.4 is 5.73 Å². The molecule has 2 heterocycles. The molecule has 66 valence electrons. The minimum Gasteiger partial charge on any atom is -0.397 e. The Kier molecular flexibility index (Phi) is 2.02. The van der Waals surface area contributed by atoms with Crippen LogP contribution in [-0.2, 0) is 0 Å². The number of hydrogen-bond acceptors (Lipinski definition) is 3. The SMILES string of the molecule is Cc1cc(-c2ccsc2)ncc1N. The van der Waals surface area contributed by atoms with Crippen LogP contribution in [0.5, 0.6) is 0 Å². The molecule has 0 aliphatic rings. The molecule has 0 amide bonds. The number of aromatic nitrogens is 1. The van der Waals surface area contributed by atoms with Gasteiger partial charge in [0.15, 0.2) is 0 Å². The molecular weight excluding hydrogens is 180 g/mol. The summed E-state index contributed by atoms with van der Waals surface area (Å²) in [5, 5.41) is 4.13. The van der Waals surface area contributed by atoms with E-state index in [1.54, 1.807) is 17.5 Å². The number of hydrogen-bond donors (Lipinski definition) is 1. The fourth-order valence-electron chi connectivity index (χ4n) is 1.13. The molecule has 2 N–H and O–H groups in total. The number of anilines is 1. The average Bonchev–Trinajstić information content (AvgIpc) is 2.62. The van der Waals surface area contributed by atoms with Gasteiger partial charge < -0.3 is 5.73 Å². The lowest BCUT2D eigenvalue weighted by atomic mass is 10.1. The lowest BCUT2D eigenvalue weighted by molar-refractivity contribution is 1.29. The largest absolute Gasteiger partial charge is 0.397 e. The molecule has 0 spiro atoms. The standard InChI is InChI=1S/C10H10N2S/c1-7-4-10(12-5-9(7)11)8-2-3-13-6-8/h2-6H,11H2,1H3. The van der Waals surface area contributed by atoms with E-state index in [0.29, 0.717) is 0 Å². The van der Waals surface area contributed by atoms with Crippen molar-refractivity contribution in [1.82, 2.24) is 4.98 Å². The molecule has 0 bridgehead atoms. The summed E-state index contributed by atoms with van der Waals surface area (Å²) in [5.74, 6) is 0. The Hall–Kier alpha value is -1.35. The molecule has 13 heavy (non-hydrogen) atoms. The first-order chi connectivity index (χ1) is 6.27. The smallest absolute Gasteiger partial charge is 0.0714 e. The molecule has 0 saturated carbocycles. The number of thiophene rings is 1. The second kappa shape index (κ2) is 3.18. The summed E-state index contributed by atoms with van der Waals surface area (Å²) in [6.45, 7) is 1.99. The van der Waals surface area contributed by atoms with Crippen LogP contribution in [0.25, 0.3) is 11.3 Å². The monoisotopic (exact) mass is 190 g/mol. The van der Waals surface area contributed by atoms with Gasteiger partial charge in [-0.15, -0.1) is 0 Å². The van der Waals surface area contributed by atoms with Crippen LogP contribution in [-0.4, -0.2) is 4.98 Å². The highest BCUT2D eigenvalue weighted by Gasteiger charge is 2.01. The minimum atomic E-state index is 0.749. The lowest BCUT2D eigenvalue weighted by Gasteiger charge is -2.01. The van der Waals surface area contributed by atoms with Crippen molar-refractivity contribution in [3.63, 3.8) is 0 Å². The number of pyridine rings is 1. The number of nitrogen functional groups attached to an aromatic ring is 1. The lowest BCUT2D eigenvalue weighted by Crippen LogP contribution is -1.91. The zero-order valence-corrected chi connectivity index (χ0v) is 8.14. The maximum Gasteiger partial charge on any atom is 0.0714 e. The van der Waals surface area contributed by atoms with Crippen molar-refractivity contribution in [1.29, 1.82) is 0 Å². The van der Waals surface area contributed by atoms with Crippen molar-refractivity contribution in [3.8, 4) is 11.3 Å². The van der Waals surface area contributed by atoms with E-state index in [1.807, 2.05) is 18.4 Å². The van der Waals surface area contributed by atoms with E-state index in [0.717, 1.165) is 22.5 Å². The van der Waals surface area contributed by atoms with Gasteiger partial charge in [0.2, 0.25) is 0 Å². The van der Waals surface area contributed by atoms with Crippen molar-refractivity contribution >= 4 is 17.0 Å². The Morgan fingerprint density at radius 2 is 2.31 bits per heavy atom. The predicted octanol–water partition coefficient (Wildman–Crippen LogP) is 2.70. The third-order valence-corrected chi connectivity index (χ3v) is 2.65. The van der Waals surface area contributed by atoms with Crippen molar-refractivity contribution in [2.75, 3.05) is 5.73 Å². The van der Waals surface area contributed by atoms with Gasteiger partial charge in [0.1, 0.15) is 0 Å². The number of rotatable bonds is 1. The third-order valence-electron chi connectivity index (χ3n) is 1.97. The summed E-state index contributed by atoms with van der Waals surface area (Å²) in [5.41, 5.74) is 9.66. The van der Waals surface area contributed by atoms with E-state index in [2.05, 4.69) is 16.4 Å². The van der Waals surface area contributed by atoms with Gasteiger partial charge in [-0.3, -0.25) is 4.98 Å². The molecule has 0 aliphatic carbocycles. The summed E-state index contributed by atoms with van der Waals surface area (Å²) in [7, 11) is 0. The van der Waals surface area contributed by atoms with Crippen molar-refractivity contribution in [2.45, 2.75) is 6.92 Å². The van der Waals surface area contributed by atoms with Crippen LogP contribution in [0.2, 0.25) is 0 Å². The summed E-state index contributed by atoms with van der Waals surface area (Å²) in [6, 6.07) is 4.07. The second-order valence-electron chi connectivity index (χ2n) is 2.94. The summed E-state index contributed by atoms with van der Waals surface area (Å²) < 4.78 is 0. The molecule has 0 unspecified atom stereocenters. The molecule has 2 aromatic rings. The maximum atomic E-state index is 5.68. The molecule has 0 aliphatic heterocycles. The summed E-state index contributed by atoms with van der Waals surface area (Å²) in [4.78, 5) is 4.26. The van der Waals surface area contributed by atoms with Gasteiger partial charge in [0.05, 0.1) is 17.6 Å². The van der Waals surface area contributed by atoms with E-state index < -0.39 is 0 Å². The number of aryl methyl sites for hydroxylation is 1. The van der Waals surface area contributed by atoms with Gasteiger partial charge in [-0.05, 0) is 30.0 Å². The normalized spacial score (nSPS) is 10.2. The van der Waals surface area contributed by atoms with Gasteiger partial charge in [-0.2, -0.15) is 11.3 Å². The van der Waals surface area contributed by atoms with Gasteiger partial charge in [-0.1, -0.05) is 0 Å². The fourth-order valence-corrected chi connectivity index (χ4v) is 1.78. The van der Waals surface area contributed by atoms with Crippen LogP contribution in [0.1, 0.15) is 5.56 Å². The van der Waals surface area contributed by atoms with Crippen LogP contribution in [0, 0.1) is 6.92 Å². The highest BCUT2D eigenvalue weighted by Crippen LogP contribution is 2.22. The summed E-state index contributed by atoms with van der Waals surface area (Å²) in [6.07, 6.45) is 1.71. The van der Waals surface area contributed by atoms with E-state index in [-0.39, 0.29) is 0 Å². The van der Waals surface area contributed by atoms with Gasteiger partial charge in [0.25, 0.3) is 0 Å². The van der Waals surface area contributed by atoms with Crippen molar-refractivity contribution in [2.24, 2.45) is 0 Å². The maximum absolute atomic E-state index is 5.68. The zero-order chi connectivity index (χ0) is 9.26. The van der Waals surface area contributed by atoms with Crippen LogP contribution in [0.15, 0.2) is 29.1 Å². The fraction of sp³-hybridized carbons (Fsp3) is 0.100. The topological polar surface area (TPSA) is 38.9 Å². The zero-order valence-electron chi connectivity index (χ0n) is 7.32. The highest BCUT2D eigenvalue weighted by atomic mass is 32.1. The first kappa shape index (κ1) is 8.26. The van der Waals surface area contributed by atoms with Crippen molar-refractivity contribution < 1.29 is 0 Å². The molecule has 0 fully saturated rings. The average molecular weight is 190 g/mol.